The number of hydrogen-bond acceptors (Lipinski definition) is 5. The van der Waals surface area contributed by atoms with Crippen LogP contribution in [0.3, 0.4) is 0 Å². The lowest BCUT2D eigenvalue weighted by molar-refractivity contribution is 0.118. The van der Waals surface area contributed by atoms with Gasteiger partial charge in [0, 0.05) is 46.9 Å². The topological polar surface area (TPSA) is 60.4 Å². The van der Waals surface area contributed by atoms with Crippen LogP contribution < -0.4 is 20.3 Å². The van der Waals surface area contributed by atoms with Gasteiger partial charge in [0.2, 0.25) is 0 Å². The number of allylic oxidation sites excluding steroid dienone is 2. The van der Waals surface area contributed by atoms with Crippen molar-refractivity contribution in [1.82, 2.24) is 10.6 Å². The Hall–Kier alpha value is -2.34. The number of fused-ring (bicyclic) bond motifs is 1. The van der Waals surface area contributed by atoms with Gasteiger partial charge in [0.05, 0.1) is 11.8 Å². The molecule has 1 aliphatic carbocycles. The minimum absolute atomic E-state index is 0.176. The van der Waals surface area contributed by atoms with Gasteiger partial charge in [-0.25, -0.2) is 4.39 Å². The van der Waals surface area contributed by atoms with Crippen molar-refractivity contribution in [2.75, 3.05) is 18.0 Å². The second-order valence-corrected chi connectivity index (χ2v) is 9.16. The van der Waals surface area contributed by atoms with E-state index in [4.69, 9.17) is 10.1 Å². The summed E-state index contributed by atoms with van der Waals surface area (Å²) in [6, 6.07) is 2.12. The van der Waals surface area contributed by atoms with Crippen molar-refractivity contribution in [2.45, 2.75) is 77.0 Å². The lowest BCUT2D eigenvalue weighted by atomic mass is 9.90. The molecule has 1 saturated heterocycles. The summed E-state index contributed by atoms with van der Waals surface area (Å²) in [7, 11) is 0. The molecule has 6 heteroatoms. The van der Waals surface area contributed by atoms with Gasteiger partial charge in [-0.05, 0) is 77.9 Å². The summed E-state index contributed by atoms with van der Waals surface area (Å²) in [4.78, 5) is 2.01. The van der Waals surface area contributed by atoms with Crippen molar-refractivity contribution < 1.29 is 9.13 Å². The maximum Gasteiger partial charge on any atom is 0.148 e. The molecule has 3 N–H and O–H groups in total. The van der Waals surface area contributed by atoms with Gasteiger partial charge in [-0.2, -0.15) is 0 Å². The van der Waals surface area contributed by atoms with Gasteiger partial charge in [0.1, 0.15) is 11.6 Å². The van der Waals surface area contributed by atoms with Gasteiger partial charge >= 0.3 is 0 Å². The molecule has 2 heterocycles. The van der Waals surface area contributed by atoms with Crippen LogP contribution in [0.4, 0.5) is 10.1 Å². The molecule has 1 aromatic carbocycles. The van der Waals surface area contributed by atoms with Gasteiger partial charge in [-0.1, -0.05) is 6.58 Å². The summed E-state index contributed by atoms with van der Waals surface area (Å²) in [6.07, 6.45) is 10.4. The van der Waals surface area contributed by atoms with Crippen molar-refractivity contribution >= 4 is 17.5 Å². The standard InChI is InChI=1S/C25H35FN4O/c1-16(2)30-17(3)7-8-21-24(30)23(26)13-22(25(21)31-20-5-4-6-20)18(14-27)15-29-19-9-11-28-12-10-19/h13-15,17,19-20,27-29H,1,4-12H2,2-3H3/b18-15+,27-14?. The molecular weight excluding hydrogens is 391 g/mol. The Kier molecular flexibility index (Phi) is 6.65. The highest BCUT2D eigenvalue weighted by atomic mass is 19.1. The zero-order valence-electron chi connectivity index (χ0n) is 18.8. The number of nitrogens with zero attached hydrogens (tertiary/aromatic N) is 1. The highest BCUT2D eigenvalue weighted by Crippen LogP contribution is 2.45. The number of piperidine rings is 1. The molecule has 1 saturated carbocycles. The van der Waals surface area contributed by atoms with Crippen LogP contribution in [0.1, 0.15) is 63.5 Å². The van der Waals surface area contributed by atoms with Gasteiger partial charge in [0.15, 0.2) is 0 Å². The Morgan fingerprint density at radius 3 is 2.65 bits per heavy atom. The molecule has 0 aromatic heterocycles. The van der Waals surface area contributed by atoms with E-state index in [0.29, 0.717) is 22.9 Å². The summed E-state index contributed by atoms with van der Waals surface area (Å²) >= 11 is 0. The number of halogens is 1. The molecule has 168 valence electrons. The van der Waals surface area contributed by atoms with E-state index in [2.05, 4.69) is 24.1 Å². The molecular formula is C25H35FN4O. The molecule has 0 spiro atoms. The lowest BCUT2D eigenvalue weighted by Gasteiger charge is -2.39. The number of ether oxygens (including phenoxy) is 1. The number of nitrogens with one attached hydrogen (secondary N) is 3. The molecule has 2 fully saturated rings. The summed E-state index contributed by atoms with van der Waals surface area (Å²) in [5, 5.41) is 14.9. The van der Waals surface area contributed by atoms with Crippen LogP contribution in [-0.2, 0) is 6.42 Å². The highest BCUT2D eigenvalue weighted by Gasteiger charge is 2.33. The third kappa shape index (κ3) is 4.49. The smallest absolute Gasteiger partial charge is 0.148 e. The first-order valence-corrected chi connectivity index (χ1v) is 11.6. The predicted molar refractivity (Wildman–Crippen MR) is 126 cm³/mol. The number of benzene rings is 1. The van der Waals surface area contributed by atoms with Gasteiger partial charge in [-0.3, -0.25) is 0 Å². The highest BCUT2D eigenvalue weighted by molar-refractivity contribution is 6.09. The Morgan fingerprint density at radius 2 is 2.03 bits per heavy atom. The first-order valence-electron chi connectivity index (χ1n) is 11.6. The van der Waals surface area contributed by atoms with E-state index >= 15 is 4.39 Å². The van der Waals surface area contributed by atoms with Crippen molar-refractivity contribution in [3.63, 3.8) is 0 Å². The molecule has 1 unspecified atom stereocenters. The van der Waals surface area contributed by atoms with Gasteiger partial charge < -0.3 is 25.7 Å². The molecule has 3 aliphatic rings. The Balaban J connectivity index is 1.76. The Labute approximate surface area is 185 Å². The largest absolute Gasteiger partial charge is 0.489 e. The fourth-order valence-electron chi connectivity index (χ4n) is 4.83. The van der Waals surface area contributed by atoms with E-state index in [1.807, 2.05) is 18.0 Å². The van der Waals surface area contributed by atoms with E-state index in [1.165, 1.54) is 12.6 Å². The van der Waals surface area contributed by atoms with Crippen LogP contribution in [0.25, 0.3) is 5.57 Å². The molecule has 0 radical (unpaired) electrons. The number of anilines is 1. The molecule has 4 rings (SSSR count). The normalized spacial score (nSPS) is 22.5. The molecule has 0 bridgehead atoms. The Morgan fingerprint density at radius 1 is 1.29 bits per heavy atom. The van der Waals surface area contributed by atoms with E-state index in [0.717, 1.165) is 68.6 Å². The van der Waals surface area contributed by atoms with Gasteiger partial charge in [0.25, 0.3) is 0 Å². The zero-order chi connectivity index (χ0) is 22.0. The molecule has 2 aliphatic heterocycles. The monoisotopic (exact) mass is 426 g/mol. The lowest BCUT2D eigenvalue weighted by Crippen LogP contribution is -2.38. The maximum atomic E-state index is 15.6. The zero-order valence-corrected chi connectivity index (χ0v) is 18.8. The van der Waals surface area contributed by atoms with Crippen LogP contribution in [0.2, 0.25) is 0 Å². The van der Waals surface area contributed by atoms with E-state index in [9.17, 15) is 0 Å². The molecule has 5 nitrogen and oxygen atoms in total. The fourth-order valence-corrected chi connectivity index (χ4v) is 4.83. The molecule has 31 heavy (non-hydrogen) atoms. The van der Waals surface area contributed by atoms with E-state index in [1.54, 1.807) is 6.07 Å². The Bertz CT molecular complexity index is 871. The van der Waals surface area contributed by atoms with Crippen molar-refractivity contribution in [2.24, 2.45) is 0 Å². The SMILES string of the molecule is C=C(C)N1c2c(F)cc(/C(C=N)=C/NC3CCNCC3)c(OC3CCC3)c2CCC1C. The van der Waals surface area contributed by atoms with Crippen molar-refractivity contribution in [3.8, 4) is 5.75 Å². The first-order chi connectivity index (χ1) is 15.0. The quantitative estimate of drug-likeness (QED) is 0.550. The minimum Gasteiger partial charge on any atom is -0.489 e. The van der Waals surface area contributed by atoms with Crippen LogP contribution in [-0.4, -0.2) is 37.5 Å². The predicted octanol–water partition coefficient (Wildman–Crippen LogP) is 4.76. The van der Waals surface area contributed by atoms with E-state index in [-0.39, 0.29) is 18.0 Å². The average Bonchev–Trinajstić information content (AvgIpc) is 2.73. The van der Waals surface area contributed by atoms with Crippen LogP contribution in [0.15, 0.2) is 24.5 Å². The van der Waals surface area contributed by atoms with E-state index < -0.39 is 0 Å². The van der Waals surface area contributed by atoms with Gasteiger partial charge in [-0.15, -0.1) is 0 Å². The molecule has 1 aromatic rings. The second kappa shape index (κ2) is 9.43. The average molecular weight is 427 g/mol. The fraction of sp³-hybridized carbons (Fsp3) is 0.560. The summed E-state index contributed by atoms with van der Waals surface area (Å²) < 4.78 is 22.0. The van der Waals surface area contributed by atoms with Crippen molar-refractivity contribution in [1.29, 1.82) is 5.41 Å². The first kappa shape index (κ1) is 21.9. The maximum absolute atomic E-state index is 15.6. The number of rotatable bonds is 7. The third-order valence-electron chi connectivity index (χ3n) is 6.82. The number of hydrogen-bond donors (Lipinski definition) is 3. The van der Waals surface area contributed by atoms with Crippen LogP contribution >= 0.6 is 0 Å². The third-order valence-corrected chi connectivity index (χ3v) is 6.82. The second-order valence-electron chi connectivity index (χ2n) is 9.16. The summed E-state index contributed by atoms with van der Waals surface area (Å²) in [5.41, 5.74) is 3.69. The van der Waals surface area contributed by atoms with Crippen molar-refractivity contribution in [3.05, 3.63) is 41.5 Å². The molecule has 0 amide bonds. The van der Waals surface area contributed by atoms with Crippen LogP contribution in [0.5, 0.6) is 5.75 Å². The van der Waals surface area contributed by atoms with Crippen LogP contribution in [0, 0.1) is 11.2 Å². The molecule has 1 atom stereocenters. The summed E-state index contributed by atoms with van der Waals surface area (Å²) in [5.74, 6) is 0.483. The minimum atomic E-state index is -0.268. The summed E-state index contributed by atoms with van der Waals surface area (Å²) in [6.45, 7) is 10.1.